The van der Waals surface area contributed by atoms with Gasteiger partial charge in [-0.2, -0.15) is 5.10 Å². The standard InChI is InChI=1S/C23H24N8O3/c1-11-5-6-15-12(10-27-31-15)16(11)18-17(24)19(20(25)32)30-21(29-18)13-9-26-8-7-14(13)28-22(33)34-23(2,3)4/h5-10H,24H2,1-4H3,(H2,25,32)(H,27,31)(H,26,28,33). The summed E-state index contributed by atoms with van der Waals surface area (Å²) >= 11 is 0. The molecule has 0 atom stereocenters. The lowest BCUT2D eigenvalue weighted by atomic mass is 9.99. The molecule has 0 unspecified atom stereocenters. The Balaban J connectivity index is 1.91. The van der Waals surface area contributed by atoms with Gasteiger partial charge in [-0.3, -0.25) is 20.2 Å². The molecule has 4 rings (SSSR count). The maximum atomic E-state index is 12.4. The summed E-state index contributed by atoms with van der Waals surface area (Å²) in [7, 11) is 0. The molecule has 0 spiro atoms. The molecule has 174 valence electrons. The van der Waals surface area contributed by atoms with Crippen LogP contribution in [0, 0.1) is 6.92 Å². The van der Waals surface area contributed by atoms with Crippen molar-refractivity contribution in [2.75, 3.05) is 11.1 Å². The van der Waals surface area contributed by atoms with Gasteiger partial charge in [0.25, 0.3) is 5.91 Å². The van der Waals surface area contributed by atoms with Crippen LogP contribution in [-0.2, 0) is 4.74 Å². The lowest BCUT2D eigenvalue weighted by Crippen LogP contribution is -2.27. The highest BCUT2D eigenvalue weighted by molar-refractivity contribution is 6.04. The van der Waals surface area contributed by atoms with Gasteiger partial charge >= 0.3 is 6.09 Å². The third-order valence-corrected chi connectivity index (χ3v) is 4.95. The molecule has 0 aliphatic heterocycles. The number of nitrogens with zero attached hydrogens (tertiary/aromatic N) is 4. The average Bonchev–Trinajstić information content (AvgIpc) is 3.22. The molecule has 0 radical (unpaired) electrons. The Morgan fingerprint density at radius 1 is 1.12 bits per heavy atom. The van der Waals surface area contributed by atoms with Crippen molar-refractivity contribution >= 4 is 34.3 Å². The van der Waals surface area contributed by atoms with Crippen LogP contribution >= 0.6 is 0 Å². The van der Waals surface area contributed by atoms with Crippen molar-refractivity contribution in [1.29, 1.82) is 0 Å². The first-order valence-corrected chi connectivity index (χ1v) is 10.4. The molecule has 0 saturated heterocycles. The van der Waals surface area contributed by atoms with E-state index in [4.69, 9.17) is 16.2 Å². The summed E-state index contributed by atoms with van der Waals surface area (Å²) in [5.41, 5.74) is 14.4. The maximum Gasteiger partial charge on any atom is 0.412 e. The van der Waals surface area contributed by atoms with E-state index in [0.29, 0.717) is 22.5 Å². The number of pyridine rings is 1. The second-order valence-electron chi connectivity index (χ2n) is 8.66. The molecule has 11 nitrogen and oxygen atoms in total. The number of ether oxygens (including phenoxy) is 1. The van der Waals surface area contributed by atoms with Crippen LogP contribution in [0.1, 0.15) is 36.8 Å². The van der Waals surface area contributed by atoms with Crippen LogP contribution in [0.2, 0.25) is 0 Å². The Morgan fingerprint density at radius 3 is 2.59 bits per heavy atom. The van der Waals surface area contributed by atoms with E-state index in [-0.39, 0.29) is 17.2 Å². The van der Waals surface area contributed by atoms with Crippen LogP contribution in [0.15, 0.2) is 36.8 Å². The van der Waals surface area contributed by atoms with Gasteiger partial charge in [0.15, 0.2) is 11.5 Å². The van der Waals surface area contributed by atoms with Crippen LogP contribution in [0.3, 0.4) is 0 Å². The molecule has 4 aromatic rings. The van der Waals surface area contributed by atoms with Crippen molar-refractivity contribution in [3.8, 4) is 22.6 Å². The largest absolute Gasteiger partial charge is 0.444 e. The van der Waals surface area contributed by atoms with E-state index >= 15 is 0 Å². The van der Waals surface area contributed by atoms with Gasteiger partial charge in [-0.1, -0.05) is 6.07 Å². The summed E-state index contributed by atoms with van der Waals surface area (Å²) < 4.78 is 5.35. The van der Waals surface area contributed by atoms with E-state index in [1.807, 2.05) is 19.1 Å². The number of nitrogens with two attached hydrogens (primary N) is 2. The zero-order chi connectivity index (χ0) is 24.6. The summed E-state index contributed by atoms with van der Waals surface area (Å²) in [4.78, 5) is 37.7. The first kappa shape index (κ1) is 22.6. The summed E-state index contributed by atoms with van der Waals surface area (Å²) in [6.07, 6.45) is 3.96. The molecule has 1 aromatic carbocycles. The Hall–Kier alpha value is -4.54. The number of carbonyl (C=O) groups is 2. The van der Waals surface area contributed by atoms with Crippen LogP contribution < -0.4 is 16.8 Å². The van der Waals surface area contributed by atoms with E-state index in [1.165, 1.54) is 12.4 Å². The van der Waals surface area contributed by atoms with E-state index in [0.717, 1.165) is 16.5 Å². The minimum Gasteiger partial charge on any atom is -0.444 e. The number of rotatable bonds is 4. The van der Waals surface area contributed by atoms with Crippen LogP contribution in [0.5, 0.6) is 0 Å². The van der Waals surface area contributed by atoms with Gasteiger partial charge in [0.1, 0.15) is 5.60 Å². The van der Waals surface area contributed by atoms with Crippen molar-refractivity contribution in [3.63, 3.8) is 0 Å². The lowest BCUT2D eigenvalue weighted by Gasteiger charge is -2.20. The van der Waals surface area contributed by atoms with Gasteiger partial charge in [0.05, 0.1) is 34.3 Å². The highest BCUT2D eigenvalue weighted by atomic mass is 16.6. The van der Waals surface area contributed by atoms with Crippen LogP contribution in [0.25, 0.3) is 33.5 Å². The van der Waals surface area contributed by atoms with Crippen LogP contribution in [-0.4, -0.2) is 42.8 Å². The number of aryl methyl sites for hydroxylation is 1. The predicted octanol–water partition coefficient (Wildman–Crippen LogP) is 3.42. The average molecular weight is 460 g/mol. The van der Waals surface area contributed by atoms with Crippen molar-refractivity contribution in [2.24, 2.45) is 5.73 Å². The molecule has 0 aliphatic carbocycles. The zero-order valence-electron chi connectivity index (χ0n) is 19.1. The van der Waals surface area contributed by atoms with Gasteiger partial charge in [-0.25, -0.2) is 14.8 Å². The van der Waals surface area contributed by atoms with E-state index in [9.17, 15) is 9.59 Å². The number of H-pyrrole nitrogens is 1. The van der Waals surface area contributed by atoms with Gasteiger partial charge in [0, 0.05) is 23.3 Å². The second kappa shape index (κ2) is 8.43. The number of hydrogen-bond donors (Lipinski definition) is 4. The lowest BCUT2D eigenvalue weighted by molar-refractivity contribution is 0.0635. The van der Waals surface area contributed by atoms with Gasteiger partial charge in [-0.05, 0) is 45.4 Å². The number of primary amides is 1. The molecule has 2 amide bonds. The Morgan fingerprint density at radius 2 is 1.88 bits per heavy atom. The highest BCUT2D eigenvalue weighted by Crippen LogP contribution is 2.36. The number of amides is 2. The fraction of sp³-hybridized carbons (Fsp3) is 0.217. The second-order valence-corrected chi connectivity index (χ2v) is 8.66. The quantitative estimate of drug-likeness (QED) is 0.358. The molecule has 0 fully saturated rings. The van der Waals surface area contributed by atoms with Crippen molar-refractivity contribution < 1.29 is 14.3 Å². The van der Waals surface area contributed by atoms with Gasteiger partial charge in [-0.15, -0.1) is 0 Å². The number of carbonyl (C=O) groups excluding carboxylic acids is 2. The number of hydrogen-bond acceptors (Lipinski definition) is 8. The highest BCUT2D eigenvalue weighted by Gasteiger charge is 2.23. The molecule has 0 aliphatic rings. The number of nitrogen functional groups attached to an aromatic ring is 1. The monoisotopic (exact) mass is 460 g/mol. The number of aromatic nitrogens is 5. The summed E-state index contributed by atoms with van der Waals surface area (Å²) in [5.74, 6) is -0.706. The first-order valence-electron chi connectivity index (χ1n) is 10.4. The molecule has 34 heavy (non-hydrogen) atoms. The normalized spacial score (nSPS) is 11.4. The van der Waals surface area contributed by atoms with Crippen molar-refractivity contribution in [1.82, 2.24) is 25.1 Å². The maximum absolute atomic E-state index is 12.4. The van der Waals surface area contributed by atoms with Crippen molar-refractivity contribution in [3.05, 3.63) is 48.0 Å². The van der Waals surface area contributed by atoms with Crippen molar-refractivity contribution in [2.45, 2.75) is 33.3 Å². The molecule has 3 aromatic heterocycles. The zero-order valence-corrected chi connectivity index (χ0v) is 19.1. The number of benzene rings is 1. The van der Waals surface area contributed by atoms with E-state index in [2.05, 4.69) is 30.5 Å². The Labute approximate surface area is 195 Å². The predicted molar refractivity (Wildman–Crippen MR) is 128 cm³/mol. The minimum atomic E-state index is -0.815. The molecular formula is C23H24N8O3. The Kier molecular flexibility index (Phi) is 5.61. The number of aromatic amines is 1. The smallest absolute Gasteiger partial charge is 0.412 e. The van der Waals surface area contributed by atoms with Crippen LogP contribution in [0.4, 0.5) is 16.2 Å². The topological polar surface area (TPSA) is 175 Å². The van der Waals surface area contributed by atoms with E-state index < -0.39 is 17.6 Å². The molecule has 0 bridgehead atoms. The van der Waals surface area contributed by atoms with Gasteiger partial charge < -0.3 is 16.2 Å². The minimum absolute atomic E-state index is 0.0404. The summed E-state index contributed by atoms with van der Waals surface area (Å²) in [5, 5.41) is 10.5. The molecule has 0 saturated carbocycles. The third-order valence-electron chi connectivity index (χ3n) is 4.95. The molecule has 3 heterocycles. The third kappa shape index (κ3) is 4.35. The van der Waals surface area contributed by atoms with E-state index in [1.54, 1.807) is 33.0 Å². The van der Waals surface area contributed by atoms with Gasteiger partial charge in [0.2, 0.25) is 0 Å². The number of fused-ring (bicyclic) bond motifs is 1. The fourth-order valence-electron chi connectivity index (χ4n) is 3.50. The number of anilines is 2. The fourth-order valence-corrected chi connectivity index (χ4v) is 3.50. The summed E-state index contributed by atoms with van der Waals surface area (Å²) in [6, 6.07) is 5.35. The number of nitrogens with one attached hydrogen (secondary N) is 2. The molecule has 6 N–H and O–H groups in total. The first-order chi connectivity index (χ1) is 16.0. The molecular weight excluding hydrogens is 436 g/mol. The molecule has 11 heteroatoms. The summed E-state index contributed by atoms with van der Waals surface area (Å²) in [6.45, 7) is 7.17. The SMILES string of the molecule is Cc1ccc2[nH]ncc2c1-c1nc(-c2cnccc2NC(=O)OC(C)(C)C)nc(C(N)=O)c1N. The Bertz CT molecular complexity index is 1420.